The lowest BCUT2D eigenvalue weighted by Gasteiger charge is -2.43. The van der Waals surface area contributed by atoms with Gasteiger partial charge >= 0.3 is 6.18 Å². The van der Waals surface area contributed by atoms with Crippen molar-refractivity contribution in [2.75, 3.05) is 9.80 Å². The Morgan fingerprint density at radius 1 is 1.26 bits per heavy atom. The Morgan fingerprint density at radius 2 is 1.94 bits per heavy atom. The SMILES string of the molecule is CC(C)NC(=O)c1ccc(N2C(=S)N(c3cnc(C#N)c(C(F)(F)F)c3)C(=O)C23CCC3)cc1F. The van der Waals surface area contributed by atoms with Gasteiger partial charge in [-0.15, -0.1) is 0 Å². The van der Waals surface area contributed by atoms with Gasteiger partial charge in [-0.3, -0.25) is 14.5 Å². The first-order valence-electron chi connectivity index (χ1n) is 10.7. The standard InChI is InChI=1S/C23H19F4N5O2S/c1-12(2)30-19(33)15-5-4-13(9-17(15)24)32-21(35)31(20(34)22(32)6-3-7-22)14-8-16(23(25,26)27)18(10-28)29-11-14/h4-5,8-9,11-12H,3,6-7H2,1-2H3,(H,30,33). The van der Waals surface area contributed by atoms with Crippen molar-refractivity contribution in [2.24, 2.45) is 0 Å². The Kier molecular flexibility index (Phi) is 6.00. The molecule has 4 rings (SSSR count). The minimum atomic E-state index is -4.87. The lowest BCUT2D eigenvalue weighted by atomic mass is 9.75. The molecule has 7 nitrogen and oxygen atoms in total. The summed E-state index contributed by atoms with van der Waals surface area (Å²) in [7, 11) is 0. The van der Waals surface area contributed by atoms with Crippen LogP contribution in [0.25, 0.3) is 0 Å². The molecule has 2 amide bonds. The second kappa shape index (κ2) is 8.57. The molecule has 1 aromatic heterocycles. The highest BCUT2D eigenvalue weighted by atomic mass is 32.1. The number of nitrogens with zero attached hydrogens (tertiary/aromatic N) is 4. The number of anilines is 2. The summed E-state index contributed by atoms with van der Waals surface area (Å²) in [5, 5.41) is 11.5. The van der Waals surface area contributed by atoms with E-state index in [9.17, 15) is 27.2 Å². The van der Waals surface area contributed by atoms with Crippen LogP contribution in [-0.4, -0.2) is 33.5 Å². The van der Waals surface area contributed by atoms with Gasteiger partial charge in [0, 0.05) is 11.7 Å². The molecule has 12 heteroatoms. The molecule has 0 unspecified atom stereocenters. The zero-order chi connectivity index (χ0) is 25.7. The molecular weight excluding hydrogens is 486 g/mol. The third-order valence-corrected chi connectivity index (χ3v) is 6.38. The van der Waals surface area contributed by atoms with Crippen LogP contribution in [-0.2, 0) is 11.0 Å². The predicted octanol–water partition coefficient (Wildman–Crippen LogP) is 4.31. The summed E-state index contributed by atoms with van der Waals surface area (Å²) >= 11 is 5.49. The Morgan fingerprint density at radius 3 is 2.46 bits per heavy atom. The Labute approximate surface area is 203 Å². The van der Waals surface area contributed by atoms with Crippen LogP contribution in [0.3, 0.4) is 0 Å². The van der Waals surface area contributed by atoms with Gasteiger partial charge in [0.1, 0.15) is 17.4 Å². The summed E-state index contributed by atoms with van der Waals surface area (Å²) < 4.78 is 55.3. The maximum Gasteiger partial charge on any atom is 0.419 e. The number of carbonyl (C=O) groups excluding carboxylic acids is 2. The zero-order valence-corrected chi connectivity index (χ0v) is 19.4. The molecule has 0 bridgehead atoms. The van der Waals surface area contributed by atoms with Crippen LogP contribution in [0.15, 0.2) is 30.5 Å². The zero-order valence-electron chi connectivity index (χ0n) is 18.6. The quantitative estimate of drug-likeness (QED) is 0.492. The highest BCUT2D eigenvalue weighted by Crippen LogP contribution is 2.48. The first-order chi connectivity index (χ1) is 16.4. The molecular formula is C23H19F4N5O2S. The van der Waals surface area contributed by atoms with Gasteiger partial charge in [-0.1, -0.05) is 0 Å². The van der Waals surface area contributed by atoms with E-state index in [1.807, 2.05) is 0 Å². The van der Waals surface area contributed by atoms with Crippen LogP contribution in [0.4, 0.5) is 28.9 Å². The number of thiocarbonyl (C=S) groups is 1. The number of halogens is 4. The second-order valence-electron chi connectivity index (χ2n) is 8.64. The van der Waals surface area contributed by atoms with Crippen molar-refractivity contribution >= 4 is 40.5 Å². The van der Waals surface area contributed by atoms with E-state index < -0.39 is 40.6 Å². The number of pyridine rings is 1. The number of rotatable bonds is 4. The minimum absolute atomic E-state index is 0.145. The summed E-state index contributed by atoms with van der Waals surface area (Å²) in [6, 6.07) is 5.64. The van der Waals surface area contributed by atoms with Crippen molar-refractivity contribution < 1.29 is 27.2 Å². The molecule has 2 aliphatic rings. The number of alkyl halides is 3. The Bertz CT molecular complexity index is 1280. The van der Waals surface area contributed by atoms with Gasteiger partial charge in [0.15, 0.2) is 10.8 Å². The second-order valence-corrected chi connectivity index (χ2v) is 9.00. The van der Waals surface area contributed by atoms with E-state index in [-0.39, 0.29) is 28.1 Å². The van der Waals surface area contributed by atoms with Gasteiger partial charge in [0.05, 0.1) is 23.0 Å². The summed E-state index contributed by atoms with van der Waals surface area (Å²) in [6.45, 7) is 3.46. The number of carbonyl (C=O) groups is 2. The van der Waals surface area contributed by atoms with Gasteiger partial charge < -0.3 is 10.2 Å². The van der Waals surface area contributed by atoms with E-state index in [0.717, 1.165) is 17.2 Å². The molecule has 1 aromatic carbocycles. The first-order valence-corrected chi connectivity index (χ1v) is 11.1. The van der Waals surface area contributed by atoms with Crippen LogP contribution >= 0.6 is 12.2 Å². The van der Waals surface area contributed by atoms with Crippen molar-refractivity contribution in [3.8, 4) is 6.07 Å². The third kappa shape index (κ3) is 3.99. The van der Waals surface area contributed by atoms with E-state index in [1.54, 1.807) is 13.8 Å². The van der Waals surface area contributed by atoms with E-state index in [1.165, 1.54) is 23.1 Å². The van der Waals surface area contributed by atoms with Crippen molar-refractivity contribution in [3.05, 3.63) is 53.1 Å². The molecule has 1 saturated carbocycles. The number of nitriles is 1. The first kappa shape index (κ1) is 24.5. The topological polar surface area (TPSA) is 89.3 Å². The third-order valence-electron chi connectivity index (χ3n) is 6.01. The molecule has 182 valence electrons. The highest BCUT2D eigenvalue weighted by Gasteiger charge is 2.59. The van der Waals surface area contributed by atoms with E-state index in [2.05, 4.69) is 10.3 Å². The van der Waals surface area contributed by atoms with E-state index >= 15 is 0 Å². The lowest BCUT2D eigenvalue weighted by Crippen LogP contribution is -2.55. The van der Waals surface area contributed by atoms with Gasteiger partial charge in [-0.2, -0.15) is 18.4 Å². The summed E-state index contributed by atoms with van der Waals surface area (Å²) in [4.78, 5) is 31.7. The highest BCUT2D eigenvalue weighted by molar-refractivity contribution is 7.81. The fourth-order valence-electron chi connectivity index (χ4n) is 4.26. The monoisotopic (exact) mass is 505 g/mol. The van der Waals surface area contributed by atoms with Gasteiger partial charge in [0.2, 0.25) is 0 Å². The van der Waals surface area contributed by atoms with Gasteiger partial charge in [-0.25, -0.2) is 9.37 Å². The Balaban J connectivity index is 1.76. The number of benzene rings is 1. The van der Waals surface area contributed by atoms with Crippen molar-refractivity contribution in [1.29, 1.82) is 5.26 Å². The van der Waals surface area contributed by atoms with Crippen LogP contribution < -0.4 is 15.1 Å². The van der Waals surface area contributed by atoms with Crippen molar-refractivity contribution in [2.45, 2.75) is 50.9 Å². The van der Waals surface area contributed by atoms with E-state index in [0.29, 0.717) is 25.3 Å². The molecule has 0 radical (unpaired) electrons. The van der Waals surface area contributed by atoms with Gasteiger partial charge in [-0.05, 0) is 69.6 Å². The van der Waals surface area contributed by atoms with Crippen LogP contribution in [0.5, 0.6) is 0 Å². The molecule has 1 aliphatic carbocycles. The molecule has 1 saturated heterocycles. The van der Waals surface area contributed by atoms with Crippen LogP contribution in [0, 0.1) is 17.1 Å². The molecule has 2 heterocycles. The summed E-state index contributed by atoms with van der Waals surface area (Å²) in [5.74, 6) is -1.99. The van der Waals surface area contributed by atoms with E-state index in [4.69, 9.17) is 17.5 Å². The van der Waals surface area contributed by atoms with Crippen LogP contribution in [0.1, 0.15) is 54.7 Å². The minimum Gasteiger partial charge on any atom is -0.350 e. The van der Waals surface area contributed by atoms with Crippen molar-refractivity contribution in [1.82, 2.24) is 10.3 Å². The molecule has 2 aromatic rings. The number of hydrogen-bond donors (Lipinski definition) is 1. The molecule has 0 atom stereocenters. The Hall–Kier alpha value is -3.59. The fourth-order valence-corrected chi connectivity index (χ4v) is 4.72. The molecule has 1 N–H and O–H groups in total. The number of amides is 2. The van der Waals surface area contributed by atoms with Crippen LogP contribution in [0.2, 0.25) is 0 Å². The molecule has 1 spiro atoms. The summed E-state index contributed by atoms with van der Waals surface area (Å²) in [6.07, 6.45) is -2.52. The number of nitrogens with one attached hydrogen (secondary N) is 1. The predicted molar refractivity (Wildman–Crippen MR) is 122 cm³/mol. The maximum absolute atomic E-state index is 14.9. The normalized spacial score (nSPS) is 17.1. The van der Waals surface area contributed by atoms with Gasteiger partial charge in [0.25, 0.3) is 11.8 Å². The lowest BCUT2D eigenvalue weighted by molar-refractivity contribution is -0.138. The smallest absolute Gasteiger partial charge is 0.350 e. The van der Waals surface area contributed by atoms with Crippen molar-refractivity contribution in [3.63, 3.8) is 0 Å². The number of aromatic nitrogens is 1. The fraction of sp³-hybridized carbons (Fsp3) is 0.348. The summed E-state index contributed by atoms with van der Waals surface area (Å²) in [5.41, 5.74) is -3.54. The molecule has 35 heavy (non-hydrogen) atoms. The molecule has 1 aliphatic heterocycles. The average Bonchev–Trinajstić information content (AvgIpc) is 2.98. The largest absolute Gasteiger partial charge is 0.419 e. The average molecular weight is 505 g/mol. The molecule has 2 fully saturated rings. The number of hydrogen-bond acceptors (Lipinski definition) is 5. The maximum atomic E-state index is 14.9.